The van der Waals surface area contributed by atoms with E-state index < -0.39 is 0 Å². The molecule has 0 amide bonds. The molecule has 0 aliphatic rings. The second-order valence-electron chi connectivity index (χ2n) is 8.05. The lowest BCUT2D eigenvalue weighted by Gasteiger charge is -2.10. The summed E-state index contributed by atoms with van der Waals surface area (Å²) in [4.78, 5) is 8.87. The molecule has 3 aromatic rings. The second kappa shape index (κ2) is 6.82. The van der Waals surface area contributed by atoms with Crippen molar-refractivity contribution in [2.45, 2.75) is 69.8 Å². The summed E-state index contributed by atoms with van der Waals surface area (Å²) in [7, 11) is 0. The van der Waals surface area contributed by atoms with Gasteiger partial charge in [0.1, 0.15) is 12.9 Å². The Morgan fingerprint density at radius 2 is 1.50 bits per heavy atom. The fourth-order valence-corrected chi connectivity index (χ4v) is 2.73. The van der Waals surface area contributed by atoms with Gasteiger partial charge in [0, 0.05) is 10.8 Å². The van der Waals surface area contributed by atoms with E-state index in [1.165, 1.54) is 11.8 Å². The van der Waals surface area contributed by atoms with Crippen LogP contribution in [-0.2, 0) is 23.1 Å². The molecule has 0 fully saturated rings. The van der Waals surface area contributed by atoms with E-state index in [0.717, 1.165) is 5.16 Å². The fourth-order valence-electron chi connectivity index (χ4n) is 1.98. The molecule has 26 heavy (non-hydrogen) atoms. The van der Waals surface area contributed by atoms with Gasteiger partial charge in [0.15, 0.2) is 16.8 Å². The number of thioether (sulfide) groups is 1. The van der Waals surface area contributed by atoms with E-state index >= 15 is 0 Å². The van der Waals surface area contributed by atoms with Gasteiger partial charge in [-0.2, -0.15) is 9.97 Å². The Bertz CT molecular complexity index is 870. The van der Waals surface area contributed by atoms with Crippen molar-refractivity contribution >= 4 is 11.8 Å². The molecule has 0 unspecified atom stereocenters. The topological polar surface area (TPSA) is 109 Å². The van der Waals surface area contributed by atoms with Crippen molar-refractivity contribution in [3.8, 4) is 0 Å². The molecule has 3 rings (SSSR count). The van der Waals surface area contributed by atoms with E-state index in [9.17, 15) is 0 Å². The molecule has 0 radical (unpaired) electrons. The molecule has 0 atom stereocenters. The molecule has 10 heteroatoms. The summed E-state index contributed by atoms with van der Waals surface area (Å²) in [5.74, 6) is 2.95. The van der Waals surface area contributed by atoms with Gasteiger partial charge in [-0.15, -0.1) is 10.2 Å². The lowest BCUT2D eigenvalue weighted by Crippen LogP contribution is -2.13. The summed E-state index contributed by atoms with van der Waals surface area (Å²) in [6.07, 6.45) is 1.64. The first-order valence-electron chi connectivity index (χ1n) is 8.29. The average Bonchev–Trinajstić information content (AvgIpc) is 3.24. The Morgan fingerprint density at radius 1 is 0.923 bits per heavy atom. The predicted molar refractivity (Wildman–Crippen MR) is 94.7 cm³/mol. The van der Waals surface area contributed by atoms with Crippen LogP contribution in [0, 0.1) is 0 Å². The van der Waals surface area contributed by atoms with Crippen LogP contribution in [0.4, 0.5) is 0 Å². The van der Waals surface area contributed by atoms with Crippen molar-refractivity contribution in [3.05, 3.63) is 29.8 Å². The van der Waals surface area contributed by atoms with Crippen molar-refractivity contribution in [1.29, 1.82) is 0 Å². The molecule has 0 saturated heterocycles. The number of nitrogens with zero attached hydrogens (tertiary/aromatic N) is 7. The van der Waals surface area contributed by atoms with Crippen LogP contribution < -0.4 is 0 Å². The SMILES string of the molecule is CC(C)(C)c1noc(CSc2nncn2Cc2nc(C(C)(C)C)no2)n1. The van der Waals surface area contributed by atoms with Gasteiger partial charge >= 0.3 is 0 Å². The molecular formula is C16H23N7O2S. The standard InChI is InChI=1S/C16H23N7O2S/c1-15(2,3)12-18-10(24-21-12)7-23-9-17-20-14(23)26-8-11-19-13(22-25-11)16(4,5)6/h9H,7-8H2,1-6H3. The third kappa shape index (κ3) is 4.29. The summed E-state index contributed by atoms with van der Waals surface area (Å²) in [6, 6.07) is 0. The number of aromatic nitrogens is 7. The van der Waals surface area contributed by atoms with Crippen LogP contribution in [0.2, 0.25) is 0 Å². The monoisotopic (exact) mass is 377 g/mol. The summed E-state index contributed by atoms with van der Waals surface area (Å²) >= 11 is 1.47. The average molecular weight is 377 g/mol. The predicted octanol–water partition coefficient (Wildman–Crippen LogP) is 2.98. The van der Waals surface area contributed by atoms with E-state index in [1.54, 1.807) is 6.33 Å². The van der Waals surface area contributed by atoms with Crippen LogP contribution in [0.5, 0.6) is 0 Å². The molecule has 0 spiro atoms. The summed E-state index contributed by atoms with van der Waals surface area (Å²) in [6.45, 7) is 12.7. The molecule has 0 N–H and O–H groups in total. The van der Waals surface area contributed by atoms with E-state index in [-0.39, 0.29) is 10.8 Å². The molecular weight excluding hydrogens is 354 g/mol. The van der Waals surface area contributed by atoms with Gasteiger partial charge in [0.05, 0.1) is 5.75 Å². The third-order valence-corrected chi connectivity index (χ3v) is 4.45. The quantitative estimate of drug-likeness (QED) is 0.620. The Hall–Kier alpha value is -2.23. The zero-order valence-electron chi connectivity index (χ0n) is 15.8. The van der Waals surface area contributed by atoms with Gasteiger partial charge in [-0.1, -0.05) is 63.6 Å². The minimum Gasteiger partial charge on any atom is -0.338 e. The maximum absolute atomic E-state index is 5.34. The van der Waals surface area contributed by atoms with Crippen LogP contribution in [0.1, 0.15) is 65.0 Å². The molecule has 3 heterocycles. The van der Waals surface area contributed by atoms with E-state index in [4.69, 9.17) is 9.05 Å². The van der Waals surface area contributed by atoms with Crippen LogP contribution in [0.3, 0.4) is 0 Å². The lowest BCUT2D eigenvalue weighted by molar-refractivity contribution is 0.354. The maximum atomic E-state index is 5.34. The van der Waals surface area contributed by atoms with Gasteiger partial charge in [0.25, 0.3) is 0 Å². The lowest BCUT2D eigenvalue weighted by atomic mass is 9.96. The van der Waals surface area contributed by atoms with Crippen LogP contribution in [0.15, 0.2) is 20.5 Å². The zero-order valence-corrected chi connectivity index (χ0v) is 16.7. The van der Waals surface area contributed by atoms with Crippen molar-refractivity contribution in [2.75, 3.05) is 0 Å². The number of hydrogen-bond donors (Lipinski definition) is 0. The number of rotatable bonds is 5. The molecule has 3 aromatic heterocycles. The normalized spacial score (nSPS) is 12.7. The summed E-state index contributed by atoms with van der Waals surface area (Å²) in [5.41, 5.74) is -0.301. The zero-order chi connectivity index (χ0) is 18.9. The van der Waals surface area contributed by atoms with Crippen molar-refractivity contribution in [3.63, 3.8) is 0 Å². The highest BCUT2D eigenvalue weighted by atomic mass is 32.2. The minimum absolute atomic E-state index is 0.144. The van der Waals surface area contributed by atoms with E-state index in [0.29, 0.717) is 35.7 Å². The smallest absolute Gasteiger partial charge is 0.246 e. The van der Waals surface area contributed by atoms with Crippen molar-refractivity contribution in [2.24, 2.45) is 0 Å². The van der Waals surface area contributed by atoms with Crippen LogP contribution in [-0.4, -0.2) is 35.0 Å². The van der Waals surface area contributed by atoms with Gasteiger partial charge in [-0.25, -0.2) is 0 Å². The first kappa shape index (κ1) is 18.6. The molecule has 140 valence electrons. The van der Waals surface area contributed by atoms with Crippen LogP contribution >= 0.6 is 11.8 Å². The van der Waals surface area contributed by atoms with Crippen molar-refractivity contribution < 1.29 is 9.05 Å². The largest absolute Gasteiger partial charge is 0.338 e. The Labute approximate surface area is 156 Å². The Kier molecular flexibility index (Phi) is 4.87. The fraction of sp³-hybridized carbons (Fsp3) is 0.625. The molecule has 0 aliphatic carbocycles. The van der Waals surface area contributed by atoms with Gasteiger partial charge in [-0.3, -0.25) is 4.57 Å². The summed E-state index contributed by atoms with van der Waals surface area (Å²) in [5, 5.41) is 16.9. The minimum atomic E-state index is -0.158. The first-order valence-corrected chi connectivity index (χ1v) is 9.28. The third-order valence-electron chi connectivity index (χ3n) is 3.49. The highest BCUT2D eigenvalue weighted by molar-refractivity contribution is 7.98. The molecule has 0 saturated carbocycles. The highest BCUT2D eigenvalue weighted by Gasteiger charge is 2.23. The molecule has 0 bridgehead atoms. The molecule has 0 aromatic carbocycles. The summed E-state index contributed by atoms with van der Waals surface area (Å²) < 4.78 is 12.5. The second-order valence-corrected chi connectivity index (χ2v) is 9.00. The van der Waals surface area contributed by atoms with Crippen LogP contribution in [0.25, 0.3) is 0 Å². The highest BCUT2D eigenvalue weighted by Crippen LogP contribution is 2.24. The Balaban J connectivity index is 1.65. The van der Waals surface area contributed by atoms with Gasteiger partial charge < -0.3 is 9.05 Å². The molecule has 9 nitrogen and oxygen atoms in total. The van der Waals surface area contributed by atoms with Crippen molar-refractivity contribution in [1.82, 2.24) is 35.0 Å². The van der Waals surface area contributed by atoms with E-state index in [1.807, 2.05) is 46.1 Å². The Morgan fingerprint density at radius 3 is 2.08 bits per heavy atom. The van der Waals surface area contributed by atoms with Gasteiger partial charge in [-0.05, 0) is 0 Å². The first-order chi connectivity index (χ1) is 12.1. The van der Waals surface area contributed by atoms with Gasteiger partial charge in [0.2, 0.25) is 11.8 Å². The maximum Gasteiger partial charge on any atom is 0.246 e. The number of hydrogen-bond acceptors (Lipinski definition) is 9. The van der Waals surface area contributed by atoms with E-state index in [2.05, 4.69) is 30.5 Å². The molecule has 0 aliphatic heterocycles.